The van der Waals surface area contributed by atoms with Crippen molar-refractivity contribution in [3.05, 3.63) is 0 Å². The van der Waals surface area contributed by atoms with Crippen LogP contribution in [0.2, 0.25) is 0 Å². The number of rotatable bonds is 12. The Bertz CT molecular complexity index is 349. The highest BCUT2D eigenvalue weighted by atomic mass is 16.6. The molecule has 1 atom stereocenters. The second-order valence-electron chi connectivity index (χ2n) is 5.29. The maximum absolute atomic E-state index is 11.6. The summed E-state index contributed by atoms with van der Waals surface area (Å²) in [5.74, 6) is 1.71. The number of hydrogen-bond acceptors (Lipinski definition) is 4. The lowest BCUT2D eigenvalue weighted by molar-refractivity contribution is -0.145. The van der Waals surface area contributed by atoms with E-state index in [1.165, 1.54) is 38.5 Å². The van der Waals surface area contributed by atoms with Gasteiger partial charge in [-0.15, -0.1) is 6.42 Å². The fourth-order valence-electron chi connectivity index (χ4n) is 1.92. The number of alkyl carbamates (subject to hydrolysis) is 1. The fourth-order valence-corrected chi connectivity index (χ4v) is 1.92. The number of hydrogen-bond donors (Lipinski definition) is 1. The molecular weight excluding hydrogens is 282 g/mol. The molecule has 0 heterocycles. The third-order valence-electron chi connectivity index (χ3n) is 3.22. The van der Waals surface area contributed by atoms with E-state index in [1.54, 1.807) is 6.92 Å². The van der Waals surface area contributed by atoms with Gasteiger partial charge in [0.1, 0.15) is 6.04 Å². The van der Waals surface area contributed by atoms with Crippen LogP contribution >= 0.6 is 0 Å². The van der Waals surface area contributed by atoms with E-state index in [4.69, 9.17) is 11.2 Å². The first-order valence-corrected chi connectivity index (χ1v) is 8.15. The number of nitrogens with one attached hydrogen (secondary N) is 1. The molecule has 0 aliphatic carbocycles. The van der Waals surface area contributed by atoms with Crippen LogP contribution in [-0.4, -0.2) is 31.3 Å². The largest absolute Gasteiger partial charge is 0.464 e. The average molecular weight is 311 g/mol. The number of carbonyl (C=O) groups is 2. The summed E-state index contributed by atoms with van der Waals surface area (Å²) in [6, 6.07) is -0.737. The van der Waals surface area contributed by atoms with Gasteiger partial charge in [-0.3, -0.25) is 0 Å². The third-order valence-corrected chi connectivity index (χ3v) is 3.22. The first kappa shape index (κ1) is 20.3. The summed E-state index contributed by atoms with van der Waals surface area (Å²) >= 11 is 0. The van der Waals surface area contributed by atoms with Gasteiger partial charge in [0.2, 0.25) is 0 Å². The van der Waals surface area contributed by atoms with E-state index in [0.29, 0.717) is 6.61 Å². The molecule has 1 N–H and O–H groups in total. The van der Waals surface area contributed by atoms with Gasteiger partial charge in [-0.1, -0.05) is 57.8 Å². The van der Waals surface area contributed by atoms with Gasteiger partial charge in [0.05, 0.1) is 6.61 Å². The molecule has 0 spiro atoms. The Labute approximate surface area is 134 Å². The lowest BCUT2D eigenvalue weighted by Crippen LogP contribution is -2.40. The maximum Gasteiger partial charge on any atom is 0.408 e. The number of unbranched alkanes of at least 4 members (excludes halogenated alkanes) is 7. The Morgan fingerprint density at radius 2 is 1.64 bits per heavy atom. The molecule has 0 aliphatic rings. The first-order valence-electron chi connectivity index (χ1n) is 8.15. The summed E-state index contributed by atoms with van der Waals surface area (Å²) in [5, 5.41) is 2.36. The van der Waals surface area contributed by atoms with E-state index >= 15 is 0 Å². The number of terminal acetylenes is 1. The minimum Gasteiger partial charge on any atom is -0.464 e. The Morgan fingerprint density at radius 1 is 1.05 bits per heavy atom. The van der Waals surface area contributed by atoms with E-state index in [0.717, 1.165) is 12.8 Å². The average Bonchev–Trinajstić information content (AvgIpc) is 2.51. The van der Waals surface area contributed by atoms with Crippen LogP contribution in [0.3, 0.4) is 0 Å². The second kappa shape index (κ2) is 14.2. The summed E-state index contributed by atoms with van der Waals surface area (Å²) in [4.78, 5) is 22.8. The van der Waals surface area contributed by atoms with Gasteiger partial charge in [-0.25, -0.2) is 9.59 Å². The number of esters is 1. The molecular formula is C17H29NO4. The minimum atomic E-state index is -0.737. The van der Waals surface area contributed by atoms with Gasteiger partial charge in [0.25, 0.3) is 0 Å². The van der Waals surface area contributed by atoms with Gasteiger partial charge in [-0.2, -0.15) is 0 Å². The summed E-state index contributed by atoms with van der Waals surface area (Å²) in [5.41, 5.74) is 0. The topological polar surface area (TPSA) is 64.6 Å². The quantitative estimate of drug-likeness (QED) is 0.341. The normalized spacial score (nSPS) is 11.3. The summed E-state index contributed by atoms with van der Waals surface area (Å²) < 4.78 is 9.72. The van der Waals surface area contributed by atoms with E-state index in [1.807, 2.05) is 0 Å². The Kier molecular flexibility index (Phi) is 13.1. The lowest BCUT2D eigenvalue weighted by Gasteiger charge is -2.12. The molecule has 1 amide bonds. The highest BCUT2D eigenvalue weighted by molar-refractivity contribution is 5.80. The molecule has 5 nitrogen and oxygen atoms in total. The van der Waals surface area contributed by atoms with Crippen LogP contribution in [0.15, 0.2) is 0 Å². The van der Waals surface area contributed by atoms with Crippen LogP contribution in [0.25, 0.3) is 0 Å². The van der Waals surface area contributed by atoms with Crippen LogP contribution in [0.4, 0.5) is 4.79 Å². The molecule has 0 unspecified atom stereocenters. The Morgan fingerprint density at radius 3 is 2.23 bits per heavy atom. The van der Waals surface area contributed by atoms with Gasteiger partial charge in [0, 0.05) is 0 Å². The van der Waals surface area contributed by atoms with Crippen molar-refractivity contribution in [3.8, 4) is 12.3 Å². The van der Waals surface area contributed by atoms with Crippen LogP contribution in [0.5, 0.6) is 0 Å². The molecule has 0 aromatic carbocycles. The Hall–Kier alpha value is -1.70. The number of ether oxygens (including phenoxy) is 2. The van der Waals surface area contributed by atoms with E-state index < -0.39 is 18.1 Å². The van der Waals surface area contributed by atoms with Gasteiger partial charge >= 0.3 is 12.1 Å². The molecule has 126 valence electrons. The number of carbonyl (C=O) groups excluding carboxylic acids is 2. The monoisotopic (exact) mass is 311 g/mol. The van der Waals surface area contributed by atoms with Crippen molar-refractivity contribution in [2.45, 2.75) is 71.3 Å². The summed E-state index contributed by atoms with van der Waals surface area (Å²) in [7, 11) is 0. The highest BCUT2D eigenvalue weighted by Gasteiger charge is 2.17. The van der Waals surface area contributed by atoms with Gasteiger partial charge in [-0.05, 0) is 13.3 Å². The molecule has 0 aliphatic heterocycles. The zero-order chi connectivity index (χ0) is 16.6. The molecule has 0 bridgehead atoms. The molecule has 0 aromatic heterocycles. The van der Waals surface area contributed by atoms with Crippen molar-refractivity contribution in [1.29, 1.82) is 0 Å². The highest BCUT2D eigenvalue weighted by Crippen LogP contribution is 2.08. The second-order valence-corrected chi connectivity index (χ2v) is 5.29. The van der Waals surface area contributed by atoms with Crippen molar-refractivity contribution in [1.82, 2.24) is 5.32 Å². The molecule has 0 rings (SSSR count). The molecule has 22 heavy (non-hydrogen) atoms. The van der Waals surface area contributed by atoms with Crippen molar-refractivity contribution >= 4 is 12.1 Å². The van der Waals surface area contributed by atoms with E-state index in [-0.39, 0.29) is 6.61 Å². The molecule has 0 aromatic rings. The van der Waals surface area contributed by atoms with Crippen LogP contribution in [0, 0.1) is 12.3 Å². The van der Waals surface area contributed by atoms with Crippen molar-refractivity contribution in [2.75, 3.05) is 13.2 Å². The van der Waals surface area contributed by atoms with Crippen LogP contribution in [-0.2, 0) is 14.3 Å². The third kappa shape index (κ3) is 12.1. The van der Waals surface area contributed by atoms with Gasteiger partial charge < -0.3 is 14.8 Å². The Balaban J connectivity index is 3.52. The SMILES string of the molecule is C#CCOC(=O)N[C@@H](C)C(=O)OCCCCCCCCCC. The zero-order valence-corrected chi connectivity index (χ0v) is 13.9. The van der Waals surface area contributed by atoms with Gasteiger partial charge in [0.15, 0.2) is 6.61 Å². The van der Waals surface area contributed by atoms with E-state index in [2.05, 4.69) is 22.9 Å². The van der Waals surface area contributed by atoms with Crippen LogP contribution in [0.1, 0.15) is 65.2 Å². The number of amides is 1. The predicted octanol–water partition coefficient (Wildman–Crippen LogP) is 3.42. The fraction of sp³-hybridized carbons (Fsp3) is 0.765. The van der Waals surface area contributed by atoms with Crippen LogP contribution < -0.4 is 5.32 Å². The zero-order valence-electron chi connectivity index (χ0n) is 13.9. The maximum atomic E-state index is 11.6. The molecule has 5 heteroatoms. The van der Waals surface area contributed by atoms with E-state index in [9.17, 15) is 9.59 Å². The molecule has 0 saturated carbocycles. The lowest BCUT2D eigenvalue weighted by atomic mass is 10.1. The van der Waals surface area contributed by atoms with Crippen molar-refractivity contribution in [2.24, 2.45) is 0 Å². The first-order chi connectivity index (χ1) is 10.6. The minimum absolute atomic E-state index is 0.119. The molecule has 0 fully saturated rings. The molecule has 0 saturated heterocycles. The predicted molar refractivity (Wildman–Crippen MR) is 86.3 cm³/mol. The smallest absolute Gasteiger partial charge is 0.408 e. The van der Waals surface area contributed by atoms with Crippen molar-refractivity contribution < 1.29 is 19.1 Å². The molecule has 0 radical (unpaired) electrons. The standard InChI is InChI=1S/C17H29NO4/c1-4-6-7-8-9-10-11-12-14-21-16(19)15(3)18-17(20)22-13-5-2/h2,15H,4,6-14H2,1,3H3,(H,18,20)/t15-/m0/s1. The summed E-state index contributed by atoms with van der Waals surface area (Å²) in [6.45, 7) is 4.03. The van der Waals surface area contributed by atoms with Crippen molar-refractivity contribution in [3.63, 3.8) is 0 Å². The summed E-state index contributed by atoms with van der Waals surface area (Å²) in [6.07, 6.45) is 13.7.